The number of nitrogens with zero attached hydrogens (tertiary/aromatic N) is 2. The van der Waals surface area contributed by atoms with E-state index < -0.39 is 5.60 Å². The van der Waals surface area contributed by atoms with Gasteiger partial charge in [-0.05, 0) is 82.2 Å². The fraction of sp³-hybridized carbons (Fsp3) is 0.481. The summed E-state index contributed by atoms with van der Waals surface area (Å²) in [7, 11) is 0. The van der Waals surface area contributed by atoms with E-state index in [1.54, 1.807) is 23.1 Å². The van der Waals surface area contributed by atoms with Gasteiger partial charge in [-0.1, -0.05) is 17.3 Å². The van der Waals surface area contributed by atoms with Crippen LogP contribution in [0.15, 0.2) is 40.9 Å². The Bertz CT molecular complexity index is 1140. The zero-order valence-electron chi connectivity index (χ0n) is 20.6. The summed E-state index contributed by atoms with van der Waals surface area (Å²) in [4.78, 5) is 14.1. The van der Waals surface area contributed by atoms with Crippen molar-refractivity contribution in [2.24, 2.45) is 5.92 Å². The SMILES string of the molecule is CC(C)(C)OC(=O)N1CCC(CCc2noc3c(CO)ccc(OCc4ccc(F)cc4)c23)CC1. The van der Waals surface area contributed by atoms with Crippen LogP contribution in [0, 0.1) is 11.7 Å². The maximum absolute atomic E-state index is 13.2. The second-order valence-electron chi connectivity index (χ2n) is 10.1. The number of aromatic nitrogens is 1. The first-order valence-electron chi connectivity index (χ1n) is 12.1. The van der Waals surface area contributed by atoms with Crippen molar-refractivity contribution < 1.29 is 28.3 Å². The zero-order valence-corrected chi connectivity index (χ0v) is 20.6. The molecule has 1 N–H and O–H groups in total. The van der Waals surface area contributed by atoms with Crippen molar-refractivity contribution in [3.8, 4) is 5.75 Å². The van der Waals surface area contributed by atoms with Gasteiger partial charge in [0.15, 0.2) is 5.58 Å². The largest absolute Gasteiger partial charge is 0.488 e. The molecule has 2 heterocycles. The van der Waals surface area contributed by atoms with Crippen LogP contribution in [0.5, 0.6) is 5.75 Å². The van der Waals surface area contributed by atoms with Crippen molar-refractivity contribution in [1.29, 1.82) is 0 Å². The first kappa shape index (κ1) is 25.0. The van der Waals surface area contributed by atoms with Crippen molar-refractivity contribution in [2.75, 3.05) is 13.1 Å². The van der Waals surface area contributed by atoms with Gasteiger partial charge < -0.3 is 24.0 Å². The molecule has 7 nitrogen and oxygen atoms in total. The Hall–Kier alpha value is -3.13. The average Bonchev–Trinajstić information content (AvgIpc) is 3.26. The number of ether oxygens (including phenoxy) is 2. The van der Waals surface area contributed by atoms with E-state index in [9.17, 15) is 14.3 Å². The highest BCUT2D eigenvalue weighted by atomic mass is 19.1. The van der Waals surface area contributed by atoms with Crippen molar-refractivity contribution in [2.45, 2.75) is 65.3 Å². The number of aliphatic hydroxyl groups is 1. The summed E-state index contributed by atoms with van der Waals surface area (Å²) >= 11 is 0. The Balaban J connectivity index is 1.41. The Morgan fingerprint density at radius 2 is 1.89 bits per heavy atom. The van der Waals surface area contributed by atoms with E-state index >= 15 is 0 Å². The lowest BCUT2D eigenvalue weighted by molar-refractivity contribution is 0.0181. The van der Waals surface area contributed by atoms with E-state index in [4.69, 9.17) is 14.0 Å². The number of benzene rings is 2. The molecular formula is C27H33FN2O5. The number of rotatable bonds is 7. The third-order valence-electron chi connectivity index (χ3n) is 6.27. The van der Waals surface area contributed by atoms with E-state index in [0.29, 0.717) is 42.3 Å². The van der Waals surface area contributed by atoms with Crippen LogP contribution in [0.1, 0.15) is 56.9 Å². The Labute approximate surface area is 204 Å². The van der Waals surface area contributed by atoms with Gasteiger partial charge in [-0.2, -0.15) is 0 Å². The maximum Gasteiger partial charge on any atom is 0.410 e. The molecular weight excluding hydrogens is 451 g/mol. The van der Waals surface area contributed by atoms with Crippen LogP contribution in [0.2, 0.25) is 0 Å². The summed E-state index contributed by atoms with van der Waals surface area (Å²) < 4.78 is 30.4. The molecule has 0 spiro atoms. The van der Waals surface area contributed by atoms with Gasteiger partial charge in [-0.25, -0.2) is 9.18 Å². The fourth-order valence-electron chi connectivity index (χ4n) is 4.36. The summed E-state index contributed by atoms with van der Waals surface area (Å²) in [6.07, 6.45) is 3.17. The third-order valence-corrected chi connectivity index (χ3v) is 6.27. The molecule has 0 bridgehead atoms. The van der Waals surface area contributed by atoms with Crippen molar-refractivity contribution in [3.63, 3.8) is 0 Å². The number of amides is 1. The second-order valence-corrected chi connectivity index (χ2v) is 10.1. The molecule has 4 rings (SSSR count). The maximum atomic E-state index is 13.2. The van der Waals surface area contributed by atoms with Crippen molar-refractivity contribution in [1.82, 2.24) is 10.1 Å². The van der Waals surface area contributed by atoms with Gasteiger partial charge in [0.05, 0.1) is 17.7 Å². The third kappa shape index (κ3) is 6.31. The number of carbonyl (C=O) groups excluding carboxylic acids is 1. The van der Waals surface area contributed by atoms with Crippen LogP contribution in [0.25, 0.3) is 11.0 Å². The van der Waals surface area contributed by atoms with Crippen LogP contribution < -0.4 is 4.74 Å². The Kier molecular flexibility index (Phi) is 7.60. The van der Waals surface area contributed by atoms with Gasteiger partial charge in [0.25, 0.3) is 0 Å². The number of piperidine rings is 1. The molecule has 1 aromatic heterocycles. The molecule has 0 unspecified atom stereocenters. The highest BCUT2D eigenvalue weighted by Crippen LogP contribution is 2.34. The topological polar surface area (TPSA) is 85.0 Å². The molecule has 35 heavy (non-hydrogen) atoms. The van der Waals surface area contributed by atoms with Crippen LogP contribution in [0.3, 0.4) is 0 Å². The standard InChI is InChI=1S/C27H33FN2O5/c1-27(2,3)34-26(32)30-14-12-18(13-15-30)6-10-22-24-23(11-7-20(16-31)25(24)35-29-22)33-17-19-4-8-21(28)9-5-19/h4-5,7-9,11,18,31H,6,10,12-17H2,1-3H3. The number of hydrogen-bond acceptors (Lipinski definition) is 6. The predicted molar refractivity (Wildman–Crippen MR) is 130 cm³/mol. The molecule has 0 radical (unpaired) electrons. The average molecular weight is 485 g/mol. The van der Waals surface area contributed by atoms with E-state index in [2.05, 4.69) is 5.16 Å². The summed E-state index contributed by atoms with van der Waals surface area (Å²) in [5.41, 5.74) is 2.32. The smallest absolute Gasteiger partial charge is 0.410 e. The fourth-order valence-corrected chi connectivity index (χ4v) is 4.36. The van der Waals surface area contributed by atoms with Gasteiger partial charge in [-0.3, -0.25) is 0 Å². The normalized spacial score (nSPS) is 14.9. The van der Waals surface area contributed by atoms with Crippen LogP contribution >= 0.6 is 0 Å². The molecule has 1 aliphatic heterocycles. The first-order chi connectivity index (χ1) is 16.7. The minimum Gasteiger partial charge on any atom is -0.488 e. The van der Waals surface area contributed by atoms with Crippen molar-refractivity contribution in [3.05, 3.63) is 59.0 Å². The number of halogens is 1. The lowest BCUT2D eigenvalue weighted by Crippen LogP contribution is -2.41. The quantitative estimate of drug-likeness (QED) is 0.469. The number of likely N-dealkylation sites (tertiary alicyclic amines) is 1. The highest BCUT2D eigenvalue weighted by molar-refractivity contribution is 5.88. The molecule has 1 fully saturated rings. The molecule has 0 atom stereocenters. The minimum atomic E-state index is -0.494. The van der Waals surface area contributed by atoms with Gasteiger partial charge in [0, 0.05) is 18.7 Å². The molecule has 0 aliphatic carbocycles. The summed E-state index contributed by atoms with van der Waals surface area (Å²) in [5, 5.41) is 14.8. The molecule has 8 heteroatoms. The minimum absolute atomic E-state index is 0.160. The van der Waals surface area contributed by atoms with Gasteiger partial charge >= 0.3 is 6.09 Å². The zero-order chi connectivity index (χ0) is 25.0. The number of hydrogen-bond donors (Lipinski definition) is 1. The van der Waals surface area contributed by atoms with E-state index in [1.165, 1.54) is 12.1 Å². The molecule has 188 valence electrons. The first-order valence-corrected chi connectivity index (χ1v) is 12.1. The van der Waals surface area contributed by atoms with Crippen LogP contribution in [-0.4, -0.2) is 39.9 Å². The lowest BCUT2D eigenvalue weighted by Gasteiger charge is -2.33. The number of carbonyl (C=O) groups is 1. The van der Waals surface area contributed by atoms with Crippen molar-refractivity contribution >= 4 is 17.1 Å². The highest BCUT2D eigenvalue weighted by Gasteiger charge is 2.27. The van der Waals surface area contributed by atoms with Gasteiger partial charge in [0.1, 0.15) is 23.8 Å². The molecule has 1 amide bonds. The second kappa shape index (κ2) is 10.6. The predicted octanol–water partition coefficient (Wildman–Crippen LogP) is 5.62. The summed E-state index contributed by atoms with van der Waals surface area (Å²) in [6.45, 7) is 7.10. The van der Waals surface area contributed by atoms with Gasteiger partial charge in [-0.15, -0.1) is 0 Å². The number of fused-ring (bicyclic) bond motifs is 1. The van der Waals surface area contributed by atoms with Gasteiger partial charge in [0.2, 0.25) is 0 Å². The molecule has 3 aromatic rings. The van der Waals surface area contributed by atoms with Crippen LogP contribution in [-0.2, 0) is 24.4 Å². The Morgan fingerprint density at radius 3 is 2.54 bits per heavy atom. The molecule has 1 aliphatic rings. The number of aliphatic hydroxyl groups excluding tert-OH is 1. The molecule has 0 saturated carbocycles. The van der Waals surface area contributed by atoms with E-state index in [-0.39, 0.29) is 25.1 Å². The lowest BCUT2D eigenvalue weighted by atomic mass is 9.91. The number of aryl methyl sites for hydroxylation is 1. The molecule has 2 aromatic carbocycles. The van der Waals surface area contributed by atoms with E-state index in [0.717, 1.165) is 35.9 Å². The molecule has 1 saturated heterocycles. The summed E-state index contributed by atoms with van der Waals surface area (Å²) in [6, 6.07) is 9.77. The monoisotopic (exact) mass is 484 g/mol. The van der Waals surface area contributed by atoms with E-state index in [1.807, 2.05) is 26.8 Å². The summed E-state index contributed by atoms with van der Waals surface area (Å²) in [5.74, 6) is 0.796. The van der Waals surface area contributed by atoms with Crippen LogP contribution in [0.4, 0.5) is 9.18 Å². The Morgan fingerprint density at radius 1 is 1.17 bits per heavy atom.